The Morgan fingerprint density at radius 2 is 2.20 bits per heavy atom. The Bertz CT molecular complexity index is 347. The lowest BCUT2D eigenvalue weighted by atomic mass is 9.96. The van der Waals surface area contributed by atoms with Crippen LogP contribution in [0.5, 0.6) is 0 Å². The summed E-state index contributed by atoms with van der Waals surface area (Å²) in [6, 6.07) is 0. The van der Waals surface area contributed by atoms with Crippen LogP contribution >= 0.6 is 11.6 Å². The monoisotopic (exact) mass is 231 g/mol. The van der Waals surface area contributed by atoms with E-state index in [0.29, 0.717) is 24.4 Å². The standard InChI is InChI=1S/C10H18ClN3O/c1-7-9(11)8(14(3)13-7)6-10(2,15)4-5-12/h15H,4-6,12H2,1-3H3. The van der Waals surface area contributed by atoms with Crippen molar-refractivity contribution in [2.45, 2.75) is 32.3 Å². The van der Waals surface area contributed by atoms with Gasteiger partial charge in [0.05, 0.1) is 22.0 Å². The maximum atomic E-state index is 10.0. The van der Waals surface area contributed by atoms with E-state index in [4.69, 9.17) is 17.3 Å². The van der Waals surface area contributed by atoms with Crippen LogP contribution in [0.4, 0.5) is 0 Å². The normalized spacial score (nSPS) is 15.3. The van der Waals surface area contributed by atoms with Gasteiger partial charge in [0, 0.05) is 13.5 Å². The van der Waals surface area contributed by atoms with E-state index >= 15 is 0 Å². The minimum atomic E-state index is -0.821. The van der Waals surface area contributed by atoms with Crippen molar-refractivity contribution in [3.63, 3.8) is 0 Å². The second-order valence-electron chi connectivity index (χ2n) is 4.18. The van der Waals surface area contributed by atoms with Crippen LogP contribution in [-0.4, -0.2) is 27.0 Å². The number of rotatable bonds is 4. The number of nitrogens with zero attached hydrogens (tertiary/aromatic N) is 2. The molecule has 0 aliphatic rings. The lowest BCUT2D eigenvalue weighted by Crippen LogP contribution is -2.31. The molecule has 4 nitrogen and oxygen atoms in total. The van der Waals surface area contributed by atoms with E-state index in [-0.39, 0.29) is 0 Å². The summed E-state index contributed by atoms with van der Waals surface area (Å²) < 4.78 is 1.71. The molecule has 1 unspecified atom stereocenters. The Kier molecular flexibility index (Phi) is 3.76. The van der Waals surface area contributed by atoms with Crippen LogP contribution in [0, 0.1) is 6.92 Å². The minimum Gasteiger partial charge on any atom is -0.390 e. The van der Waals surface area contributed by atoms with Crippen LogP contribution in [0.1, 0.15) is 24.7 Å². The van der Waals surface area contributed by atoms with Crippen molar-refractivity contribution in [1.29, 1.82) is 0 Å². The zero-order valence-corrected chi connectivity index (χ0v) is 10.2. The van der Waals surface area contributed by atoms with Gasteiger partial charge < -0.3 is 10.8 Å². The third-order valence-corrected chi connectivity index (χ3v) is 2.98. The summed E-state index contributed by atoms with van der Waals surface area (Å²) >= 11 is 6.09. The minimum absolute atomic E-state index is 0.460. The van der Waals surface area contributed by atoms with Crippen LogP contribution < -0.4 is 5.73 Å². The molecule has 0 aliphatic heterocycles. The van der Waals surface area contributed by atoms with E-state index in [1.54, 1.807) is 11.6 Å². The van der Waals surface area contributed by atoms with Crippen molar-refractivity contribution < 1.29 is 5.11 Å². The third-order valence-electron chi connectivity index (χ3n) is 2.49. The second kappa shape index (κ2) is 4.51. The van der Waals surface area contributed by atoms with Gasteiger partial charge in [-0.25, -0.2) is 0 Å². The molecule has 0 saturated carbocycles. The van der Waals surface area contributed by atoms with Crippen LogP contribution in [0.15, 0.2) is 0 Å². The first kappa shape index (κ1) is 12.5. The van der Waals surface area contributed by atoms with Crippen molar-refractivity contribution in [3.05, 3.63) is 16.4 Å². The topological polar surface area (TPSA) is 64.1 Å². The van der Waals surface area contributed by atoms with E-state index in [0.717, 1.165) is 11.4 Å². The van der Waals surface area contributed by atoms with Gasteiger partial charge in [0.25, 0.3) is 0 Å². The molecule has 0 bridgehead atoms. The Hall–Kier alpha value is -0.580. The first-order valence-electron chi connectivity index (χ1n) is 4.98. The van der Waals surface area contributed by atoms with Crippen molar-refractivity contribution in [3.8, 4) is 0 Å². The fourth-order valence-corrected chi connectivity index (χ4v) is 1.86. The predicted molar refractivity (Wildman–Crippen MR) is 61.0 cm³/mol. The molecule has 0 fully saturated rings. The molecule has 0 aromatic carbocycles. The maximum absolute atomic E-state index is 10.0. The van der Waals surface area contributed by atoms with Crippen LogP contribution in [0.2, 0.25) is 5.02 Å². The lowest BCUT2D eigenvalue weighted by molar-refractivity contribution is 0.0520. The van der Waals surface area contributed by atoms with E-state index in [1.807, 2.05) is 14.0 Å². The van der Waals surface area contributed by atoms with Gasteiger partial charge in [-0.05, 0) is 26.8 Å². The van der Waals surface area contributed by atoms with Gasteiger partial charge in [0.2, 0.25) is 0 Å². The van der Waals surface area contributed by atoms with Gasteiger partial charge in [-0.3, -0.25) is 4.68 Å². The fourth-order valence-electron chi connectivity index (χ4n) is 1.63. The number of aliphatic hydroxyl groups is 1. The maximum Gasteiger partial charge on any atom is 0.0848 e. The van der Waals surface area contributed by atoms with Crippen molar-refractivity contribution in [2.24, 2.45) is 12.8 Å². The average Bonchev–Trinajstić information content (AvgIpc) is 2.32. The summed E-state index contributed by atoms with van der Waals surface area (Å²) in [5.74, 6) is 0. The highest BCUT2D eigenvalue weighted by atomic mass is 35.5. The molecule has 5 heteroatoms. The molecule has 86 valence electrons. The SMILES string of the molecule is Cc1nn(C)c(CC(C)(O)CCN)c1Cl. The Morgan fingerprint density at radius 3 is 2.60 bits per heavy atom. The molecular weight excluding hydrogens is 214 g/mol. The first-order valence-corrected chi connectivity index (χ1v) is 5.35. The number of hydrogen-bond donors (Lipinski definition) is 2. The van der Waals surface area contributed by atoms with Crippen molar-refractivity contribution in [2.75, 3.05) is 6.54 Å². The molecule has 0 amide bonds. The highest BCUT2D eigenvalue weighted by Crippen LogP contribution is 2.24. The predicted octanol–water partition coefficient (Wildman–Crippen LogP) is 1.02. The molecule has 15 heavy (non-hydrogen) atoms. The van der Waals surface area contributed by atoms with Crippen molar-refractivity contribution in [1.82, 2.24) is 9.78 Å². The van der Waals surface area contributed by atoms with Gasteiger partial charge in [0.15, 0.2) is 0 Å². The molecule has 1 aromatic rings. The number of hydrogen-bond acceptors (Lipinski definition) is 3. The summed E-state index contributed by atoms with van der Waals surface area (Å²) in [6.07, 6.45) is 1.02. The molecule has 3 N–H and O–H groups in total. The molecule has 0 radical (unpaired) electrons. The zero-order valence-electron chi connectivity index (χ0n) is 9.42. The van der Waals surface area contributed by atoms with Gasteiger partial charge >= 0.3 is 0 Å². The summed E-state index contributed by atoms with van der Waals surface area (Å²) in [4.78, 5) is 0. The highest BCUT2D eigenvalue weighted by Gasteiger charge is 2.24. The summed E-state index contributed by atoms with van der Waals surface area (Å²) in [7, 11) is 1.83. The van der Waals surface area contributed by atoms with Crippen molar-refractivity contribution >= 4 is 11.6 Å². The Labute approximate surface area is 95.0 Å². The van der Waals surface area contributed by atoms with E-state index in [1.165, 1.54) is 0 Å². The quantitative estimate of drug-likeness (QED) is 0.814. The smallest absolute Gasteiger partial charge is 0.0848 e. The van der Waals surface area contributed by atoms with E-state index in [9.17, 15) is 5.11 Å². The van der Waals surface area contributed by atoms with Gasteiger partial charge in [0.1, 0.15) is 0 Å². The number of nitrogens with two attached hydrogens (primary N) is 1. The fraction of sp³-hybridized carbons (Fsp3) is 0.700. The molecule has 1 aromatic heterocycles. The second-order valence-corrected chi connectivity index (χ2v) is 4.56. The van der Waals surface area contributed by atoms with Gasteiger partial charge in [-0.1, -0.05) is 11.6 Å². The first-order chi connectivity index (χ1) is 6.87. The molecule has 0 saturated heterocycles. The van der Waals surface area contributed by atoms with Crippen LogP contribution in [0.3, 0.4) is 0 Å². The Balaban J connectivity index is 2.89. The molecule has 1 rings (SSSR count). The molecule has 1 atom stereocenters. The van der Waals surface area contributed by atoms with E-state index in [2.05, 4.69) is 5.10 Å². The highest BCUT2D eigenvalue weighted by molar-refractivity contribution is 6.31. The third kappa shape index (κ3) is 2.93. The number of aromatic nitrogens is 2. The largest absolute Gasteiger partial charge is 0.390 e. The lowest BCUT2D eigenvalue weighted by Gasteiger charge is -2.22. The average molecular weight is 232 g/mol. The van der Waals surface area contributed by atoms with Gasteiger partial charge in [-0.15, -0.1) is 0 Å². The van der Waals surface area contributed by atoms with Crippen LogP contribution in [-0.2, 0) is 13.5 Å². The molecule has 1 heterocycles. The van der Waals surface area contributed by atoms with Gasteiger partial charge in [-0.2, -0.15) is 5.10 Å². The number of halogens is 1. The molecule has 0 aliphatic carbocycles. The van der Waals surface area contributed by atoms with E-state index < -0.39 is 5.60 Å². The summed E-state index contributed by atoms with van der Waals surface area (Å²) in [5.41, 5.74) is 6.26. The zero-order chi connectivity index (χ0) is 11.6. The molecule has 0 spiro atoms. The van der Waals surface area contributed by atoms with Crippen LogP contribution in [0.25, 0.3) is 0 Å². The number of aryl methyl sites for hydroxylation is 2. The molecular formula is C10H18ClN3O. The Morgan fingerprint density at radius 1 is 1.60 bits per heavy atom. The summed E-state index contributed by atoms with van der Waals surface area (Å²) in [6.45, 7) is 4.07. The summed E-state index contributed by atoms with van der Waals surface area (Å²) in [5, 5.41) is 14.9.